The monoisotopic (exact) mass is 306 g/mol. The van der Waals surface area contributed by atoms with E-state index in [2.05, 4.69) is 15.1 Å². The number of rotatable bonds is 9. The summed E-state index contributed by atoms with van der Waals surface area (Å²) in [7, 11) is -1.60. The molecule has 2 N–H and O–H groups in total. The fourth-order valence-electron chi connectivity index (χ4n) is 1.51. The van der Waals surface area contributed by atoms with E-state index in [1.54, 1.807) is 22.6 Å². The molecule has 1 unspecified atom stereocenters. The molecule has 0 saturated carbocycles. The first-order chi connectivity index (χ1) is 8.99. The molecule has 0 fully saturated rings. The Morgan fingerprint density at radius 1 is 1.53 bits per heavy atom. The van der Waals surface area contributed by atoms with Crippen LogP contribution in [0.5, 0.6) is 0 Å². The van der Waals surface area contributed by atoms with Crippen LogP contribution in [0.4, 0.5) is 0 Å². The molecule has 0 bridgehead atoms. The first-order valence-corrected chi connectivity index (χ1v) is 9.03. The molecule has 0 aromatic carbocycles. The predicted molar refractivity (Wildman–Crippen MR) is 78.9 cm³/mol. The lowest BCUT2D eigenvalue weighted by molar-refractivity contribution is 0.561. The molecule has 1 heterocycles. The number of nitrogens with one attached hydrogen (secondary N) is 2. The smallest absolute Gasteiger partial charge is 0.243 e. The van der Waals surface area contributed by atoms with Crippen molar-refractivity contribution >= 4 is 21.8 Å². The second-order valence-electron chi connectivity index (χ2n) is 4.46. The van der Waals surface area contributed by atoms with Gasteiger partial charge in [-0.3, -0.25) is 4.68 Å². The number of nitrogens with zero attached hydrogens (tertiary/aromatic N) is 2. The average molecular weight is 306 g/mol. The first-order valence-electron chi connectivity index (χ1n) is 6.15. The fourth-order valence-corrected chi connectivity index (χ4v) is 3.31. The van der Waals surface area contributed by atoms with Gasteiger partial charge in [-0.15, -0.1) is 0 Å². The summed E-state index contributed by atoms with van der Waals surface area (Å²) in [6.45, 7) is 3.87. The Morgan fingerprint density at radius 3 is 2.89 bits per heavy atom. The summed E-state index contributed by atoms with van der Waals surface area (Å²) in [5, 5.41) is 7.03. The minimum atomic E-state index is -3.44. The van der Waals surface area contributed by atoms with E-state index in [9.17, 15) is 8.42 Å². The largest absolute Gasteiger partial charge is 0.318 e. The summed E-state index contributed by atoms with van der Waals surface area (Å²) in [5.74, 6) is 1.24. The zero-order chi connectivity index (χ0) is 14.3. The van der Waals surface area contributed by atoms with E-state index in [0.717, 1.165) is 12.3 Å². The standard InChI is InChI=1S/C11H22N4O2S2/c1-10(9-18-3)6-14-19(16,17)11-7-13-15(8-11)5-4-12-2/h7-8,10,12,14H,4-6,9H2,1-3H3. The summed E-state index contributed by atoms with van der Waals surface area (Å²) in [6.07, 6.45) is 4.95. The van der Waals surface area contributed by atoms with Crippen molar-refractivity contribution in [2.24, 2.45) is 5.92 Å². The van der Waals surface area contributed by atoms with Gasteiger partial charge < -0.3 is 5.32 Å². The number of hydrogen-bond donors (Lipinski definition) is 2. The molecule has 0 spiro atoms. The maximum Gasteiger partial charge on any atom is 0.243 e. The molecular weight excluding hydrogens is 284 g/mol. The summed E-state index contributed by atoms with van der Waals surface area (Å²) in [6, 6.07) is 0. The van der Waals surface area contributed by atoms with E-state index >= 15 is 0 Å². The highest BCUT2D eigenvalue weighted by atomic mass is 32.2. The van der Waals surface area contributed by atoms with Gasteiger partial charge in [-0.1, -0.05) is 6.92 Å². The molecule has 110 valence electrons. The zero-order valence-corrected chi connectivity index (χ0v) is 13.2. The predicted octanol–water partition coefficient (Wildman–Crippen LogP) is 0.380. The maximum absolute atomic E-state index is 12.0. The van der Waals surface area contributed by atoms with Gasteiger partial charge >= 0.3 is 0 Å². The van der Waals surface area contributed by atoms with Crippen LogP contribution in [0.1, 0.15) is 6.92 Å². The summed E-state index contributed by atoms with van der Waals surface area (Å²) >= 11 is 1.71. The van der Waals surface area contributed by atoms with Gasteiger partial charge in [-0.2, -0.15) is 16.9 Å². The Labute approximate surface area is 119 Å². The Bertz CT molecular complexity index is 473. The van der Waals surface area contributed by atoms with E-state index in [0.29, 0.717) is 19.0 Å². The maximum atomic E-state index is 12.0. The molecule has 1 aromatic rings. The number of hydrogen-bond acceptors (Lipinski definition) is 5. The van der Waals surface area contributed by atoms with E-state index in [4.69, 9.17) is 0 Å². The van der Waals surface area contributed by atoms with Crippen LogP contribution in [-0.2, 0) is 16.6 Å². The van der Waals surface area contributed by atoms with Crippen LogP contribution in [0.25, 0.3) is 0 Å². The highest BCUT2D eigenvalue weighted by molar-refractivity contribution is 7.98. The van der Waals surface area contributed by atoms with E-state index < -0.39 is 10.0 Å². The van der Waals surface area contributed by atoms with E-state index in [1.807, 2.05) is 20.2 Å². The normalized spacial score (nSPS) is 13.6. The lowest BCUT2D eigenvalue weighted by Crippen LogP contribution is -2.29. The molecule has 0 radical (unpaired) electrons. The first kappa shape index (κ1) is 16.5. The van der Waals surface area contributed by atoms with Gasteiger partial charge in [0.15, 0.2) is 0 Å². The minimum Gasteiger partial charge on any atom is -0.318 e. The number of aromatic nitrogens is 2. The lowest BCUT2D eigenvalue weighted by atomic mass is 10.2. The highest BCUT2D eigenvalue weighted by Crippen LogP contribution is 2.09. The van der Waals surface area contributed by atoms with Crippen LogP contribution in [0.15, 0.2) is 17.3 Å². The van der Waals surface area contributed by atoms with Crippen molar-refractivity contribution in [3.63, 3.8) is 0 Å². The van der Waals surface area contributed by atoms with Crippen LogP contribution in [0.3, 0.4) is 0 Å². The van der Waals surface area contributed by atoms with Crippen molar-refractivity contribution in [1.82, 2.24) is 19.8 Å². The molecule has 1 atom stereocenters. The van der Waals surface area contributed by atoms with Crippen LogP contribution < -0.4 is 10.0 Å². The molecular formula is C11H22N4O2S2. The summed E-state index contributed by atoms with van der Waals surface area (Å²) < 4.78 is 28.3. The quantitative estimate of drug-likeness (QED) is 0.690. The Kier molecular flexibility index (Phi) is 6.84. The molecule has 1 aromatic heterocycles. The van der Waals surface area contributed by atoms with Crippen LogP contribution in [-0.4, -0.2) is 50.3 Å². The van der Waals surface area contributed by atoms with Crippen molar-refractivity contribution in [3.8, 4) is 0 Å². The average Bonchev–Trinajstić information content (AvgIpc) is 2.84. The van der Waals surface area contributed by atoms with Crippen molar-refractivity contribution in [2.75, 3.05) is 32.1 Å². The van der Waals surface area contributed by atoms with Gasteiger partial charge in [-0.25, -0.2) is 13.1 Å². The van der Waals surface area contributed by atoms with Crippen LogP contribution in [0, 0.1) is 5.92 Å². The fraction of sp³-hybridized carbons (Fsp3) is 0.727. The zero-order valence-electron chi connectivity index (χ0n) is 11.6. The van der Waals surface area contributed by atoms with Gasteiger partial charge in [-0.05, 0) is 25.0 Å². The molecule has 0 aliphatic heterocycles. The minimum absolute atomic E-state index is 0.222. The van der Waals surface area contributed by atoms with Crippen molar-refractivity contribution in [3.05, 3.63) is 12.4 Å². The van der Waals surface area contributed by atoms with E-state index in [-0.39, 0.29) is 4.90 Å². The lowest BCUT2D eigenvalue weighted by Gasteiger charge is -2.10. The second-order valence-corrected chi connectivity index (χ2v) is 7.13. The Morgan fingerprint density at radius 2 is 2.26 bits per heavy atom. The second kappa shape index (κ2) is 7.88. The number of sulfonamides is 1. The molecule has 0 saturated heterocycles. The van der Waals surface area contributed by atoms with Gasteiger partial charge in [0.1, 0.15) is 4.90 Å². The Hall–Kier alpha value is -0.570. The topological polar surface area (TPSA) is 76.0 Å². The van der Waals surface area contributed by atoms with Crippen molar-refractivity contribution in [2.45, 2.75) is 18.4 Å². The van der Waals surface area contributed by atoms with Crippen molar-refractivity contribution < 1.29 is 8.42 Å². The molecule has 0 amide bonds. The third-order valence-corrected chi connectivity index (χ3v) is 4.86. The van der Waals surface area contributed by atoms with Crippen LogP contribution in [0.2, 0.25) is 0 Å². The van der Waals surface area contributed by atoms with Crippen LogP contribution >= 0.6 is 11.8 Å². The number of thioether (sulfide) groups is 1. The third-order valence-electron chi connectivity index (χ3n) is 2.58. The molecule has 0 aliphatic carbocycles. The molecule has 8 heteroatoms. The van der Waals surface area contributed by atoms with Gasteiger partial charge in [0.05, 0.1) is 12.7 Å². The molecule has 6 nitrogen and oxygen atoms in total. The highest BCUT2D eigenvalue weighted by Gasteiger charge is 2.17. The summed E-state index contributed by atoms with van der Waals surface area (Å²) in [4.78, 5) is 0.222. The van der Waals surface area contributed by atoms with Gasteiger partial charge in [0.25, 0.3) is 0 Å². The SMILES string of the molecule is CNCCn1cc(S(=O)(=O)NCC(C)CSC)cn1. The number of likely N-dealkylation sites (N-methyl/N-ethyl adjacent to an activating group) is 1. The molecule has 1 rings (SSSR count). The van der Waals surface area contributed by atoms with Gasteiger partial charge in [0.2, 0.25) is 10.0 Å². The Balaban J connectivity index is 2.59. The summed E-state index contributed by atoms with van der Waals surface area (Å²) in [5.41, 5.74) is 0. The van der Waals surface area contributed by atoms with Crippen molar-refractivity contribution in [1.29, 1.82) is 0 Å². The molecule has 0 aliphatic rings. The third kappa shape index (κ3) is 5.52. The molecule has 19 heavy (non-hydrogen) atoms. The van der Waals surface area contributed by atoms with E-state index in [1.165, 1.54) is 6.20 Å². The van der Waals surface area contributed by atoms with Gasteiger partial charge in [0, 0.05) is 19.3 Å².